The second kappa shape index (κ2) is 6.95. The van der Waals surface area contributed by atoms with Crippen LogP contribution in [0.3, 0.4) is 0 Å². The Kier molecular flexibility index (Phi) is 4.56. The molecule has 0 amide bonds. The molecule has 0 spiro atoms. The number of hydrogen-bond acceptors (Lipinski definition) is 6. The number of carbonyl (C=O) groups excluding carboxylic acids is 1. The molecule has 0 aliphatic carbocycles. The lowest BCUT2D eigenvalue weighted by molar-refractivity contribution is -0.140. The van der Waals surface area contributed by atoms with E-state index in [1.54, 1.807) is 19.5 Å². The fourth-order valence-electron chi connectivity index (χ4n) is 2.27. The van der Waals surface area contributed by atoms with Gasteiger partial charge in [0.15, 0.2) is 5.76 Å². The topological polar surface area (TPSA) is 74.5 Å². The molecule has 3 rings (SSSR count). The summed E-state index contributed by atoms with van der Waals surface area (Å²) < 4.78 is 15.7. The summed E-state index contributed by atoms with van der Waals surface area (Å²) in [6.07, 6.45) is 3.34. The third kappa shape index (κ3) is 3.27. The van der Waals surface area contributed by atoms with Crippen molar-refractivity contribution >= 4 is 5.97 Å². The van der Waals surface area contributed by atoms with Crippen LogP contribution in [0.1, 0.15) is 5.89 Å². The molecule has 0 aliphatic rings. The van der Waals surface area contributed by atoms with Crippen molar-refractivity contribution in [1.82, 2.24) is 9.97 Å². The second-order valence-corrected chi connectivity index (χ2v) is 5.01. The summed E-state index contributed by atoms with van der Waals surface area (Å²) >= 11 is 0. The second-order valence-electron chi connectivity index (χ2n) is 5.01. The van der Waals surface area contributed by atoms with Crippen molar-refractivity contribution in [2.45, 2.75) is 6.42 Å². The van der Waals surface area contributed by atoms with Gasteiger partial charge in [-0.25, -0.2) is 4.98 Å². The molecule has 1 aromatic carbocycles. The molecule has 6 heteroatoms. The van der Waals surface area contributed by atoms with Crippen molar-refractivity contribution in [2.75, 3.05) is 14.2 Å². The fraction of sp³-hybridized carbons (Fsp3) is 0.167. The number of ether oxygens (including phenoxy) is 2. The lowest BCUT2D eigenvalue weighted by atomic mass is 10.1. The van der Waals surface area contributed by atoms with Gasteiger partial charge >= 0.3 is 5.97 Å². The van der Waals surface area contributed by atoms with Crippen LogP contribution in [0, 0.1) is 0 Å². The van der Waals surface area contributed by atoms with E-state index < -0.39 is 5.97 Å². The van der Waals surface area contributed by atoms with Crippen LogP contribution in [0.2, 0.25) is 0 Å². The summed E-state index contributed by atoms with van der Waals surface area (Å²) in [5.41, 5.74) is 2.28. The number of nitrogens with zero attached hydrogens (tertiary/aromatic N) is 2. The molecular weight excluding hydrogens is 308 g/mol. The van der Waals surface area contributed by atoms with E-state index in [4.69, 9.17) is 9.15 Å². The highest BCUT2D eigenvalue weighted by molar-refractivity contribution is 5.78. The van der Waals surface area contributed by atoms with Gasteiger partial charge in [0.1, 0.15) is 17.9 Å². The average Bonchev–Trinajstić information content (AvgIpc) is 3.06. The van der Waals surface area contributed by atoms with Crippen molar-refractivity contribution in [2.24, 2.45) is 0 Å². The van der Waals surface area contributed by atoms with Gasteiger partial charge in [0, 0.05) is 23.5 Å². The lowest BCUT2D eigenvalue weighted by Gasteiger charge is -2.03. The highest BCUT2D eigenvalue weighted by Crippen LogP contribution is 2.33. The summed E-state index contributed by atoms with van der Waals surface area (Å²) in [7, 11) is 2.94. The van der Waals surface area contributed by atoms with Gasteiger partial charge < -0.3 is 13.9 Å². The van der Waals surface area contributed by atoms with Crippen LogP contribution in [-0.4, -0.2) is 30.2 Å². The van der Waals surface area contributed by atoms with Crippen LogP contribution >= 0.6 is 0 Å². The first-order chi connectivity index (χ1) is 11.7. The fourth-order valence-corrected chi connectivity index (χ4v) is 2.27. The summed E-state index contributed by atoms with van der Waals surface area (Å²) in [6, 6.07) is 11.2. The van der Waals surface area contributed by atoms with Gasteiger partial charge in [-0.15, -0.1) is 0 Å². The number of hydrogen-bond donors (Lipinski definition) is 0. The molecule has 2 aromatic heterocycles. The third-order valence-corrected chi connectivity index (χ3v) is 3.48. The number of methoxy groups -OCH3 is 2. The average molecular weight is 324 g/mol. The number of pyridine rings is 1. The van der Waals surface area contributed by atoms with E-state index >= 15 is 0 Å². The zero-order valence-electron chi connectivity index (χ0n) is 13.4. The Hall–Kier alpha value is -3.15. The quantitative estimate of drug-likeness (QED) is 0.671. The predicted molar refractivity (Wildman–Crippen MR) is 87.4 cm³/mol. The molecule has 0 bridgehead atoms. The number of aromatic nitrogens is 2. The molecule has 0 unspecified atom stereocenters. The number of rotatable bonds is 5. The molecule has 122 valence electrons. The maximum Gasteiger partial charge on any atom is 0.314 e. The Labute approximate surface area is 139 Å². The molecule has 0 aliphatic heterocycles. The Bertz CT molecular complexity index is 826. The molecule has 0 saturated carbocycles. The van der Waals surface area contributed by atoms with Gasteiger partial charge in [-0.1, -0.05) is 0 Å². The molecule has 2 heterocycles. The van der Waals surface area contributed by atoms with Crippen molar-refractivity contribution in [3.8, 4) is 28.3 Å². The van der Waals surface area contributed by atoms with E-state index in [9.17, 15) is 4.79 Å². The number of oxazole rings is 1. The minimum atomic E-state index is -0.407. The summed E-state index contributed by atoms with van der Waals surface area (Å²) in [4.78, 5) is 20.1. The molecular formula is C18H16N2O4. The van der Waals surface area contributed by atoms with Crippen LogP contribution in [0.25, 0.3) is 22.6 Å². The van der Waals surface area contributed by atoms with Crippen LogP contribution < -0.4 is 4.74 Å². The normalized spacial score (nSPS) is 10.4. The lowest BCUT2D eigenvalue weighted by Crippen LogP contribution is -2.04. The Morgan fingerprint density at radius 2 is 1.92 bits per heavy atom. The van der Waals surface area contributed by atoms with Gasteiger partial charge in [0.2, 0.25) is 5.89 Å². The largest absolute Gasteiger partial charge is 0.497 e. The van der Waals surface area contributed by atoms with E-state index in [1.807, 2.05) is 36.4 Å². The van der Waals surface area contributed by atoms with E-state index in [-0.39, 0.29) is 6.42 Å². The smallest absolute Gasteiger partial charge is 0.314 e. The Morgan fingerprint density at radius 3 is 2.54 bits per heavy atom. The summed E-state index contributed by atoms with van der Waals surface area (Å²) in [5, 5.41) is 0. The minimum absolute atomic E-state index is 0.0279. The van der Waals surface area contributed by atoms with E-state index in [0.29, 0.717) is 17.3 Å². The van der Waals surface area contributed by atoms with Crippen LogP contribution in [-0.2, 0) is 16.0 Å². The molecule has 0 fully saturated rings. The van der Waals surface area contributed by atoms with Crippen molar-refractivity contribution in [3.05, 3.63) is 54.7 Å². The van der Waals surface area contributed by atoms with Gasteiger partial charge in [-0.05, 0) is 36.4 Å². The van der Waals surface area contributed by atoms with E-state index in [1.165, 1.54) is 7.11 Å². The summed E-state index contributed by atoms with van der Waals surface area (Å²) in [5.74, 6) is 1.20. The maximum atomic E-state index is 11.5. The number of carbonyl (C=O) groups is 1. The van der Waals surface area contributed by atoms with Crippen molar-refractivity contribution < 1.29 is 18.7 Å². The highest BCUT2D eigenvalue weighted by atomic mass is 16.5. The first kappa shape index (κ1) is 15.7. The maximum absolute atomic E-state index is 11.5. The first-order valence-electron chi connectivity index (χ1n) is 7.32. The predicted octanol–water partition coefficient (Wildman–Crippen LogP) is 3.13. The van der Waals surface area contributed by atoms with Gasteiger partial charge in [-0.3, -0.25) is 9.78 Å². The number of benzene rings is 1. The molecule has 0 N–H and O–H groups in total. The zero-order chi connectivity index (χ0) is 16.9. The molecule has 0 saturated heterocycles. The van der Waals surface area contributed by atoms with Gasteiger partial charge in [0.25, 0.3) is 0 Å². The standard InChI is InChI=1S/C18H16N2O4/c1-22-14-7-5-12(6-8-14)17-18(13-4-3-9-19-11-13)24-15(20-17)10-16(21)23-2/h3-9,11H,10H2,1-2H3. The van der Waals surface area contributed by atoms with Gasteiger partial charge in [0.05, 0.1) is 14.2 Å². The van der Waals surface area contributed by atoms with Crippen LogP contribution in [0.5, 0.6) is 5.75 Å². The van der Waals surface area contributed by atoms with E-state index in [0.717, 1.165) is 16.9 Å². The minimum Gasteiger partial charge on any atom is -0.497 e. The van der Waals surface area contributed by atoms with Crippen LogP contribution in [0.4, 0.5) is 0 Å². The van der Waals surface area contributed by atoms with E-state index in [2.05, 4.69) is 14.7 Å². The zero-order valence-corrected chi connectivity index (χ0v) is 13.4. The van der Waals surface area contributed by atoms with Crippen molar-refractivity contribution in [3.63, 3.8) is 0 Å². The molecule has 24 heavy (non-hydrogen) atoms. The van der Waals surface area contributed by atoms with Crippen molar-refractivity contribution in [1.29, 1.82) is 0 Å². The monoisotopic (exact) mass is 324 g/mol. The highest BCUT2D eigenvalue weighted by Gasteiger charge is 2.19. The van der Waals surface area contributed by atoms with Crippen LogP contribution in [0.15, 0.2) is 53.2 Å². The third-order valence-electron chi connectivity index (χ3n) is 3.48. The number of esters is 1. The Balaban J connectivity index is 2.06. The van der Waals surface area contributed by atoms with Gasteiger partial charge in [-0.2, -0.15) is 0 Å². The summed E-state index contributed by atoms with van der Waals surface area (Å²) in [6.45, 7) is 0. The first-order valence-corrected chi connectivity index (χ1v) is 7.32. The molecule has 0 radical (unpaired) electrons. The molecule has 6 nitrogen and oxygen atoms in total. The Morgan fingerprint density at radius 1 is 1.12 bits per heavy atom. The SMILES string of the molecule is COC(=O)Cc1nc(-c2ccc(OC)cc2)c(-c2cccnc2)o1. The molecule has 0 atom stereocenters. The molecule has 3 aromatic rings.